The molecule has 598 valence electrons. The van der Waals surface area contributed by atoms with Crippen molar-refractivity contribution in [3.63, 3.8) is 0 Å². The van der Waals surface area contributed by atoms with Crippen LogP contribution in [-0.2, 0) is 0 Å². The van der Waals surface area contributed by atoms with Crippen molar-refractivity contribution in [2.75, 3.05) is 0 Å². The maximum atomic E-state index is 6.59. The van der Waals surface area contributed by atoms with Crippen molar-refractivity contribution in [1.29, 1.82) is 0 Å². The van der Waals surface area contributed by atoms with Crippen LogP contribution in [-0.4, -0.2) is 0 Å². The van der Waals surface area contributed by atoms with Crippen molar-refractivity contribution in [3.8, 4) is 77.9 Å². The molecular formula is C126H76O3. The molecular weight excluding hydrogens is 1560 g/mol. The molecule has 25 aromatic carbocycles. The fourth-order valence-electron chi connectivity index (χ4n) is 21.1. The molecule has 3 aromatic heterocycles. The highest BCUT2D eigenvalue weighted by atomic mass is 16.3. The van der Waals surface area contributed by atoms with Crippen molar-refractivity contribution in [3.05, 3.63) is 461 Å². The molecule has 28 rings (SSSR count). The van der Waals surface area contributed by atoms with Gasteiger partial charge in [0.15, 0.2) is 0 Å². The Balaban J connectivity index is 0.000000102. The topological polar surface area (TPSA) is 39.4 Å². The average molecular weight is 1640 g/mol. The quantitative estimate of drug-likeness (QED) is 0.149. The summed E-state index contributed by atoms with van der Waals surface area (Å²) in [5.74, 6) is 0. The van der Waals surface area contributed by atoms with Gasteiger partial charge in [-0.25, -0.2) is 0 Å². The molecule has 3 nitrogen and oxygen atoms in total. The van der Waals surface area contributed by atoms with Crippen LogP contribution >= 0.6 is 0 Å². The SMILES string of the molecule is c1cc(-c2ccc3c(c2)oc2cc4ccccc4cc23)cc(-c2c3ccccc3c(-c3ccc4ccccc4c3)c3ccccc23)c1.c1ccc2cc(-c3c4ccccc4c(-c4ccc5c(c4)oc4c6ccccc6ccc54)c4ccccc34)ccc2c1.c1ccc2cc(-c3c4ccccc4c(-c4ccc5c(c4)oc4cc6ccccc6cc45)c4ccccc34)ccc2c1. The largest absolute Gasteiger partial charge is 0.456 e. The van der Waals surface area contributed by atoms with Crippen LogP contribution in [0.4, 0.5) is 0 Å². The zero-order chi connectivity index (χ0) is 84.7. The monoisotopic (exact) mass is 1640 g/mol. The van der Waals surface area contributed by atoms with Gasteiger partial charge < -0.3 is 13.3 Å². The Labute approximate surface area is 742 Å². The molecule has 0 unspecified atom stereocenters. The standard InChI is InChI=1S/C46H28O.2C40H24O/c1-2-11-30-24-36(21-20-29(30)10-1)46-40-18-7-5-16-38(40)45(39-17-6-8-19-41(39)46)35-15-9-14-31(25-35)34-22-23-37-42-26-32-12-3-4-13-33(32)27-44(42)47-43(37)28-34;1-2-11-27-23-28(18-17-25(27)9-1)38-32-13-5-7-15-34(32)39(35-16-8-6-14-33(35)38)29-20-21-31-36-22-19-26-10-3-4-12-30(26)40(36)41-37(31)24-29;1-2-10-26-21-29(18-17-25(26)9-1)39-32-13-5-7-15-34(32)40(35-16-8-6-14-33(35)39)30-19-20-31-36-22-27-11-3-4-12-28(27)23-38(36)41-37(31)24-30/h1-28H;2*1-24H. The van der Waals surface area contributed by atoms with Gasteiger partial charge in [-0.05, 0) is 293 Å². The third kappa shape index (κ3) is 12.3. The van der Waals surface area contributed by atoms with Crippen LogP contribution in [0.5, 0.6) is 0 Å². The van der Waals surface area contributed by atoms with Gasteiger partial charge >= 0.3 is 0 Å². The van der Waals surface area contributed by atoms with Crippen molar-refractivity contribution in [1.82, 2.24) is 0 Å². The Kier molecular flexibility index (Phi) is 17.0. The minimum Gasteiger partial charge on any atom is -0.456 e. The first-order chi connectivity index (χ1) is 63.9. The van der Waals surface area contributed by atoms with Crippen LogP contribution in [0.3, 0.4) is 0 Å². The number of hydrogen-bond acceptors (Lipinski definition) is 3. The highest BCUT2D eigenvalue weighted by molar-refractivity contribution is 6.27. The molecule has 3 heteroatoms. The van der Waals surface area contributed by atoms with E-state index in [-0.39, 0.29) is 0 Å². The molecule has 28 aromatic rings. The van der Waals surface area contributed by atoms with E-state index in [1.807, 2.05) is 0 Å². The molecule has 0 radical (unpaired) electrons. The smallest absolute Gasteiger partial charge is 0.143 e. The first-order valence-electron chi connectivity index (χ1n) is 44.4. The second kappa shape index (κ2) is 29.9. The van der Waals surface area contributed by atoms with Gasteiger partial charge in [-0.15, -0.1) is 0 Å². The summed E-state index contributed by atoms with van der Waals surface area (Å²) in [6.45, 7) is 0. The van der Waals surface area contributed by atoms with Crippen LogP contribution in [0.2, 0.25) is 0 Å². The lowest BCUT2D eigenvalue weighted by molar-refractivity contribution is 0.669. The summed E-state index contributed by atoms with van der Waals surface area (Å²) < 4.78 is 19.5. The lowest BCUT2D eigenvalue weighted by Crippen LogP contribution is -1.91. The predicted octanol–water partition coefficient (Wildman–Crippen LogP) is 36.3. The van der Waals surface area contributed by atoms with Crippen LogP contribution in [0.1, 0.15) is 0 Å². The third-order valence-corrected chi connectivity index (χ3v) is 27.0. The highest BCUT2D eigenvalue weighted by Crippen LogP contribution is 2.51. The van der Waals surface area contributed by atoms with Crippen molar-refractivity contribution >= 4 is 195 Å². The Bertz CT molecular complexity index is 9360. The van der Waals surface area contributed by atoms with Crippen LogP contribution in [0.25, 0.3) is 273 Å². The predicted molar refractivity (Wildman–Crippen MR) is 549 cm³/mol. The Morgan fingerprint density at radius 1 is 0.101 bits per heavy atom. The molecule has 0 aliphatic heterocycles. The average Bonchev–Trinajstić information content (AvgIpc) is 1.33. The highest BCUT2D eigenvalue weighted by Gasteiger charge is 2.24. The maximum absolute atomic E-state index is 6.59. The fourth-order valence-corrected chi connectivity index (χ4v) is 21.1. The molecule has 0 amide bonds. The van der Waals surface area contributed by atoms with Gasteiger partial charge in [-0.1, -0.05) is 370 Å². The van der Waals surface area contributed by atoms with E-state index < -0.39 is 0 Å². The second-order valence-corrected chi connectivity index (χ2v) is 34.3. The van der Waals surface area contributed by atoms with Crippen molar-refractivity contribution in [2.45, 2.75) is 0 Å². The molecule has 0 bridgehead atoms. The van der Waals surface area contributed by atoms with E-state index in [9.17, 15) is 0 Å². The Morgan fingerprint density at radius 3 is 0.674 bits per heavy atom. The summed E-state index contributed by atoms with van der Waals surface area (Å²) in [7, 11) is 0. The molecule has 3 heterocycles. The van der Waals surface area contributed by atoms with Crippen LogP contribution in [0.15, 0.2) is 474 Å². The summed E-state index contributed by atoms with van der Waals surface area (Å²) in [5, 5.41) is 36.7. The van der Waals surface area contributed by atoms with Gasteiger partial charge in [0.05, 0.1) is 0 Å². The number of fused-ring (bicyclic) bond motifs is 22. The van der Waals surface area contributed by atoms with E-state index >= 15 is 0 Å². The lowest BCUT2D eigenvalue weighted by atomic mass is 9.85. The molecule has 0 atom stereocenters. The van der Waals surface area contributed by atoms with Crippen molar-refractivity contribution < 1.29 is 13.3 Å². The molecule has 0 saturated carbocycles. The number of rotatable bonds is 7. The van der Waals surface area contributed by atoms with E-state index in [2.05, 4.69) is 461 Å². The second-order valence-electron chi connectivity index (χ2n) is 34.3. The zero-order valence-electron chi connectivity index (χ0n) is 70.1. The number of furan rings is 3. The minimum atomic E-state index is 0.911. The van der Waals surface area contributed by atoms with Gasteiger partial charge in [0, 0.05) is 37.7 Å². The van der Waals surface area contributed by atoms with Gasteiger partial charge in [-0.3, -0.25) is 0 Å². The Hall–Kier alpha value is -17.0. The van der Waals surface area contributed by atoms with Crippen molar-refractivity contribution in [2.24, 2.45) is 0 Å². The molecule has 0 N–H and O–H groups in total. The summed E-state index contributed by atoms with van der Waals surface area (Å²) in [5.41, 5.74) is 22.7. The maximum Gasteiger partial charge on any atom is 0.143 e. The van der Waals surface area contributed by atoms with E-state index in [4.69, 9.17) is 13.3 Å². The molecule has 129 heavy (non-hydrogen) atoms. The summed E-state index contributed by atoms with van der Waals surface area (Å²) in [6, 6.07) is 167. The summed E-state index contributed by atoms with van der Waals surface area (Å²) in [4.78, 5) is 0. The van der Waals surface area contributed by atoms with Gasteiger partial charge in [-0.2, -0.15) is 0 Å². The normalized spacial score (nSPS) is 11.9. The Morgan fingerprint density at radius 2 is 0.318 bits per heavy atom. The van der Waals surface area contributed by atoms with Gasteiger partial charge in [0.25, 0.3) is 0 Å². The summed E-state index contributed by atoms with van der Waals surface area (Å²) in [6.07, 6.45) is 0. The first-order valence-corrected chi connectivity index (χ1v) is 44.4. The minimum absolute atomic E-state index is 0.911. The fraction of sp³-hybridized carbons (Fsp3) is 0. The molecule has 0 aliphatic carbocycles. The van der Waals surface area contributed by atoms with Gasteiger partial charge in [0.2, 0.25) is 0 Å². The van der Waals surface area contributed by atoms with Gasteiger partial charge in [0.1, 0.15) is 33.5 Å². The molecule has 0 aliphatic rings. The van der Waals surface area contributed by atoms with Crippen LogP contribution < -0.4 is 0 Å². The van der Waals surface area contributed by atoms with Crippen LogP contribution in [0, 0.1) is 0 Å². The van der Waals surface area contributed by atoms with E-state index in [0.717, 1.165) is 76.8 Å². The lowest BCUT2D eigenvalue weighted by Gasteiger charge is -2.18. The molecule has 0 fully saturated rings. The van der Waals surface area contributed by atoms with E-state index in [1.54, 1.807) is 0 Å². The number of hydrogen-bond donors (Lipinski definition) is 0. The molecule has 0 spiro atoms. The van der Waals surface area contributed by atoms with E-state index in [0.29, 0.717) is 0 Å². The third-order valence-electron chi connectivity index (χ3n) is 27.0. The molecule has 0 saturated heterocycles. The number of benzene rings is 25. The zero-order valence-corrected chi connectivity index (χ0v) is 70.1. The first kappa shape index (κ1) is 73.5. The summed E-state index contributed by atoms with van der Waals surface area (Å²) >= 11 is 0. The van der Waals surface area contributed by atoms with E-state index in [1.165, 1.54) is 196 Å².